The monoisotopic (exact) mass is 454 g/mol. The highest BCUT2D eigenvalue weighted by molar-refractivity contribution is 6.01. The highest BCUT2D eigenvalue weighted by Crippen LogP contribution is 2.17. The number of rotatable bonds is 12. The maximum atomic E-state index is 12.9. The molecule has 176 valence electrons. The second-order valence-corrected chi connectivity index (χ2v) is 8.51. The van der Waals surface area contributed by atoms with Gasteiger partial charge in [0.05, 0.1) is 12.1 Å². The Morgan fingerprint density at radius 1 is 0.970 bits per heavy atom. The van der Waals surface area contributed by atoms with Crippen LogP contribution in [0.2, 0.25) is 0 Å². The Hall–Kier alpha value is -3.55. The number of amides is 2. The number of carboxylic acids is 1. The summed E-state index contributed by atoms with van der Waals surface area (Å²) in [6, 6.07) is 11.2. The summed E-state index contributed by atoms with van der Waals surface area (Å²) in [5.74, 6) is -3.20. The van der Waals surface area contributed by atoms with E-state index in [4.69, 9.17) is 5.11 Å². The van der Waals surface area contributed by atoms with E-state index < -0.39 is 29.9 Å². The van der Waals surface area contributed by atoms with Crippen LogP contribution in [-0.2, 0) is 19.2 Å². The van der Waals surface area contributed by atoms with E-state index >= 15 is 0 Å². The number of hydrogen-bond acceptors (Lipinski definition) is 5. The minimum atomic E-state index is -1.07. The van der Waals surface area contributed by atoms with Gasteiger partial charge in [0.2, 0.25) is 5.91 Å². The molecular weight excluding hydrogens is 424 g/mol. The summed E-state index contributed by atoms with van der Waals surface area (Å²) < 4.78 is 0. The first kappa shape index (κ1) is 25.7. The van der Waals surface area contributed by atoms with Gasteiger partial charge in [0.1, 0.15) is 6.29 Å². The molecule has 2 aromatic carbocycles. The van der Waals surface area contributed by atoms with Crippen molar-refractivity contribution in [1.82, 2.24) is 10.6 Å². The molecule has 0 aliphatic rings. The lowest BCUT2D eigenvalue weighted by atomic mass is 9.92. The lowest BCUT2D eigenvalue weighted by molar-refractivity contribution is -0.137. The molecule has 0 saturated carbocycles. The van der Waals surface area contributed by atoms with Crippen molar-refractivity contribution in [1.29, 1.82) is 0 Å². The summed E-state index contributed by atoms with van der Waals surface area (Å²) >= 11 is 0. The maximum Gasteiger partial charge on any atom is 0.303 e. The van der Waals surface area contributed by atoms with Gasteiger partial charge in [-0.1, -0.05) is 51.1 Å². The van der Waals surface area contributed by atoms with Gasteiger partial charge in [-0.15, -0.1) is 0 Å². The smallest absolute Gasteiger partial charge is 0.303 e. The van der Waals surface area contributed by atoms with Gasteiger partial charge in [-0.2, -0.15) is 0 Å². The number of hydrogen-bond donors (Lipinski definition) is 3. The third-order valence-electron chi connectivity index (χ3n) is 5.43. The molecule has 0 aliphatic carbocycles. The first-order valence-electron chi connectivity index (χ1n) is 10.9. The van der Waals surface area contributed by atoms with E-state index in [1.807, 2.05) is 44.2 Å². The number of carboxylic acid groups (broad SMARTS) is 1. The van der Waals surface area contributed by atoms with Crippen LogP contribution in [0.5, 0.6) is 0 Å². The first-order chi connectivity index (χ1) is 15.6. The van der Waals surface area contributed by atoms with E-state index in [9.17, 15) is 24.0 Å². The van der Waals surface area contributed by atoms with Crippen molar-refractivity contribution in [2.24, 2.45) is 11.8 Å². The van der Waals surface area contributed by atoms with Crippen molar-refractivity contribution in [2.45, 2.75) is 52.1 Å². The molecular formula is C25H30N2O6. The van der Waals surface area contributed by atoms with Crippen molar-refractivity contribution in [3.63, 3.8) is 0 Å². The Balaban J connectivity index is 2.01. The molecule has 0 spiro atoms. The number of carbonyl (C=O) groups is 5. The van der Waals surface area contributed by atoms with Crippen molar-refractivity contribution in [2.75, 3.05) is 0 Å². The summed E-state index contributed by atoms with van der Waals surface area (Å²) in [5, 5.41) is 15.9. The van der Waals surface area contributed by atoms with Gasteiger partial charge in [0, 0.05) is 24.3 Å². The summed E-state index contributed by atoms with van der Waals surface area (Å²) in [6.07, 6.45) is 0.0716. The normalized spacial score (nSPS) is 13.7. The summed E-state index contributed by atoms with van der Waals surface area (Å²) in [4.78, 5) is 59.9. The van der Waals surface area contributed by atoms with Crippen LogP contribution in [-0.4, -0.2) is 47.0 Å². The standard InChI is InChI=1S/C25H30N2O6/c1-15(2)23(27-25(33)19-9-8-17-6-4-5-7-18(17)13-19)21(29)12-16(3)24(32)26-20(14-28)10-11-22(30)31/h4-9,13-16,20,23H,10-12H2,1-3H3,(H,26,32)(H,27,33)(H,30,31)/t16-,20+,23+/m1/s1. The second-order valence-electron chi connectivity index (χ2n) is 8.51. The Morgan fingerprint density at radius 2 is 1.64 bits per heavy atom. The fourth-order valence-electron chi connectivity index (χ4n) is 3.47. The summed E-state index contributed by atoms with van der Waals surface area (Å²) in [6.45, 7) is 5.17. The molecule has 3 atom stereocenters. The number of fused-ring (bicyclic) bond motifs is 1. The molecule has 0 saturated heterocycles. The molecule has 0 unspecified atom stereocenters. The molecule has 0 aliphatic heterocycles. The zero-order valence-corrected chi connectivity index (χ0v) is 19.0. The topological polar surface area (TPSA) is 130 Å². The largest absolute Gasteiger partial charge is 0.481 e. The van der Waals surface area contributed by atoms with Gasteiger partial charge in [-0.3, -0.25) is 19.2 Å². The zero-order valence-electron chi connectivity index (χ0n) is 19.0. The van der Waals surface area contributed by atoms with Crippen LogP contribution in [0.25, 0.3) is 10.8 Å². The molecule has 0 heterocycles. The highest BCUT2D eigenvalue weighted by Gasteiger charge is 2.28. The highest BCUT2D eigenvalue weighted by atomic mass is 16.4. The van der Waals surface area contributed by atoms with Gasteiger partial charge in [0.15, 0.2) is 5.78 Å². The molecule has 33 heavy (non-hydrogen) atoms. The van der Waals surface area contributed by atoms with Crippen LogP contribution in [0.1, 0.15) is 50.4 Å². The number of aliphatic carboxylic acids is 1. The van der Waals surface area contributed by atoms with Crippen LogP contribution < -0.4 is 10.6 Å². The lowest BCUT2D eigenvalue weighted by Crippen LogP contribution is -2.46. The zero-order chi connectivity index (χ0) is 24.5. The Kier molecular flexibility index (Phi) is 9.27. The predicted molar refractivity (Wildman–Crippen MR) is 124 cm³/mol. The molecule has 2 rings (SSSR count). The van der Waals surface area contributed by atoms with Crippen LogP contribution in [0.3, 0.4) is 0 Å². The van der Waals surface area contributed by atoms with Gasteiger partial charge < -0.3 is 20.5 Å². The average Bonchev–Trinajstić information content (AvgIpc) is 2.78. The van der Waals surface area contributed by atoms with E-state index in [2.05, 4.69) is 10.6 Å². The van der Waals surface area contributed by atoms with E-state index in [0.717, 1.165) is 10.8 Å². The van der Waals surface area contributed by atoms with Gasteiger partial charge in [0.25, 0.3) is 5.91 Å². The number of nitrogens with one attached hydrogen (secondary N) is 2. The molecule has 0 fully saturated rings. The molecule has 8 heteroatoms. The number of benzene rings is 2. The number of Topliss-reactive ketones (excluding diaryl/α,β-unsaturated/α-hetero) is 1. The summed E-state index contributed by atoms with van der Waals surface area (Å²) in [5.41, 5.74) is 0.435. The van der Waals surface area contributed by atoms with Crippen LogP contribution >= 0.6 is 0 Å². The van der Waals surface area contributed by atoms with Crippen LogP contribution in [0.15, 0.2) is 42.5 Å². The molecule has 0 aromatic heterocycles. The van der Waals surface area contributed by atoms with Crippen molar-refractivity contribution >= 4 is 40.6 Å². The van der Waals surface area contributed by atoms with Crippen molar-refractivity contribution in [3.05, 3.63) is 48.0 Å². The van der Waals surface area contributed by atoms with E-state index in [0.29, 0.717) is 11.8 Å². The average molecular weight is 455 g/mol. The summed E-state index contributed by atoms with van der Waals surface area (Å²) in [7, 11) is 0. The Labute approximate surface area is 192 Å². The fourth-order valence-corrected chi connectivity index (χ4v) is 3.47. The Bertz CT molecular complexity index is 1030. The number of carbonyl (C=O) groups excluding carboxylic acids is 4. The SMILES string of the molecule is CC(C)[C@H](NC(=O)c1ccc2ccccc2c1)C(=O)C[C@@H](C)C(=O)N[C@H](C=O)CCC(=O)O. The molecule has 0 bridgehead atoms. The van der Waals surface area contributed by atoms with Gasteiger partial charge >= 0.3 is 5.97 Å². The third kappa shape index (κ3) is 7.52. The van der Waals surface area contributed by atoms with Crippen LogP contribution in [0.4, 0.5) is 0 Å². The molecule has 2 amide bonds. The molecule has 0 radical (unpaired) electrons. The van der Waals surface area contributed by atoms with Gasteiger partial charge in [-0.25, -0.2) is 0 Å². The maximum absolute atomic E-state index is 12.9. The Morgan fingerprint density at radius 3 is 2.24 bits per heavy atom. The van der Waals surface area contributed by atoms with E-state index in [1.165, 1.54) is 0 Å². The second kappa shape index (κ2) is 11.9. The first-order valence-corrected chi connectivity index (χ1v) is 10.9. The van der Waals surface area contributed by atoms with Crippen molar-refractivity contribution in [3.8, 4) is 0 Å². The third-order valence-corrected chi connectivity index (χ3v) is 5.43. The van der Waals surface area contributed by atoms with E-state index in [-0.39, 0.29) is 36.9 Å². The minimum Gasteiger partial charge on any atom is -0.481 e. The van der Waals surface area contributed by atoms with Gasteiger partial charge in [-0.05, 0) is 35.2 Å². The molecule has 8 nitrogen and oxygen atoms in total. The molecule has 3 N–H and O–H groups in total. The lowest BCUT2D eigenvalue weighted by Gasteiger charge is -2.23. The van der Waals surface area contributed by atoms with Crippen LogP contribution in [0, 0.1) is 11.8 Å². The fraction of sp³-hybridized carbons (Fsp3) is 0.400. The number of aldehydes is 1. The molecule has 2 aromatic rings. The van der Waals surface area contributed by atoms with E-state index in [1.54, 1.807) is 19.1 Å². The quantitative estimate of drug-likeness (QED) is 0.423. The van der Waals surface area contributed by atoms with Crippen molar-refractivity contribution < 1.29 is 29.1 Å². The predicted octanol–water partition coefficient (Wildman–Crippen LogP) is 2.74. The minimum absolute atomic E-state index is 0.0261. The number of ketones is 1.